The third-order valence-corrected chi connectivity index (χ3v) is 6.70. The number of rotatable bonds is 4. The molecule has 0 atom stereocenters. The maximum Gasteiger partial charge on any atom is 0.188 e. The summed E-state index contributed by atoms with van der Waals surface area (Å²) in [5.74, 6) is 0.683. The Kier molecular flexibility index (Phi) is 7.00. The van der Waals surface area contributed by atoms with Crippen LogP contribution in [0.1, 0.15) is 70.6 Å². The minimum atomic E-state index is 0.239. The number of piperidine rings is 2. The second-order valence-corrected chi connectivity index (χ2v) is 8.61. The van der Waals surface area contributed by atoms with E-state index in [0.717, 1.165) is 6.54 Å². The van der Waals surface area contributed by atoms with E-state index in [0.29, 0.717) is 12.0 Å². The van der Waals surface area contributed by atoms with Gasteiger partial charge in [0, 0.05) is 11.6 Å². The number of hydrogen-bond acceptors (Lipinski definition) is 3. The highest BCUT2D eigenvalue weighted by atomic mass is 15.3. The fourth-order valence-corrected chi connectivity index (χ4v) is 4.89. The monoisotopic (exact) mass is 349 g/mol. The van der Waals surface area contributed by atoms with Crippen molar-refractivity contribution in [1.82, 2.24) is 15.1 Å². The molecule has 0 aromatic rings. The second-order valence-electron chi connectivity index (χ2n) is 8.61. The van der Waals surface area contributed by atoms with Crippen molar-refractivity contribution in [3.8, 4) is 0 Å². The van der Waals surface area contributed by atoms with Crippen molar-refractivity contribution in [3.63, 3.8) is 0 Å². The molecule has 0 amide bonds. The molecule has 2 heterocycles. The van der Waals surface area contributed by atoms with Gasteiger partial charge in [0.15, 0.2) is 5.96 Å². The SMILES string of the molecule is CN1CCC(CN=C(N)NC2CCCCCC2)(N2CCCCC2)CC1. The number of likely N-dealkylation sites (tertiary alicyclic amines) is 2. The molecule has 3 fully saturated rings. The number of nitrogens with one attached hydrogen (secondary N) is 1. The zero-order valence-electron chi connectivity index (χ0n) is 16.3. The first-order valence-electron chi connectivity index (χ1n) is 10.7. The molecule has 2 saturated heterocycles. The largest absolute Gasteiger partial charge is 0.370 e. The van der Waals surface area contributed by atoms with Crippen LogP contribution < -0.4 is 11.1 Å². The minimum absolute atomic E-state index is 0.239. The van der Waals surface area contributed by atoms with E-state index in [4.69, 9.17) is 10.7 Å². The van der Waals surface area contributed by atoms with Gasteiger partial charge >= 0.3 is 0 Å². The van der Waals surface area contributed by atoms with Gasteiger partial charge in [-0.2, -0.15) is 0 Å². The van der Waals surface area contributed by atoms with Crippen LogP contribution in [0.2, 0.25) is 0 Å². The molecule has 3 rings (SSSR count). The number of nitrogens with zero attached hydrogens (tertiary/aromatic N) is 3. The molecule has 144 valence electrons. The Balaban J connectivity index is 1.60. The molecule has 0 aromatic heterocycles. The summed E-state index contributed by atoms with van der Waals surface area (Å²) in [6.45, 7) is 5.72. The van der Waals surface area contributed by atoms with Gasteiger partial charge in [-0.05, 0) is 71.8 Å². The Morgan fingerprint density at radius 2 is 1.56 bits per heavy atom. The predicted octanol–water partition coefficient (Wildman–Crippen LogP) is 2.56. The van der Waals surface area contributed by atoms with Crippen molar-refractivity contribution in [1.29, 1.82) is 0 Å². The molecular weight excluding hydrogens is 310 g/mol. The Morgan fingerprint density at radius 3 is 2.20 bits per heavy atom. The highest BCUT2D eigenvalue weighted by Crippen LogP contribution is 2.31. The van der Waals surface area contributed by atoms with Crippen molar-refractivity contribution in [2.24, 2.45) is 10.7 Å². The highest BCUT2D eigenvalue weighted by Gasteiger charge is 2.39. The highest BCUT2D eigenvalue weighted by molar-refractivity contribution is 5.78. The fourth-order valence-electron chi connectivity index (χ4n) is 4.89. The van der Waals surface area contributed by atoms with E-state index >= 15 is 0 Å². The molecule has 5 nitrogen and oxygen atoms in total. The van der Waals surface area contributed by atoms with Gasteiger partial charge in [-0.25, -0.2) is 0 Å². The van der Waals surface area contributed by atoms with E-state index in [9.17, 15) is 0 Å². The average molecular weight is 350 g/mol. The topological polar surface area (TPSA) is 56.9 Å². The number of hydrogen-bond donors (Lipinski definition) is 2. The zero-order valence-corrected chi connectivity index (χ0v) is 16.3. The van der Waals surface area contributed by atoms with Crippen LogP contribution in [-0.4, -0.2) is 67.1 Å². The fraction of sp³-hybridized carbons (Fsp3) is 0.950. The molecule has 0 aromatic carbocycles. The summed E-state index contributed by atoms with van der Waals surface area (Å²) in [6, 6.07) is 0.537. The molecule has 0 unspecified atom stereocenters. The number of guanidine groups is 1. The predicted molar refractivity (Wildman–Crippen MR) is 106 cm³/mol. The Hall–Kier alpha value is -0.810. The lowest BCUT2D eigenvalue weighted by molar-refractivity contribution is 0.0208. The van der Waals surface area contributed by atoms with Crippen LogP contribution in [0, 0.1) is 0 Å². The normalized spacial score (nSPS) is 27.8. The van der Waals surface area contributed by atoms with Crippen molar-refractivity contribution in [2.75, 3.05) is 39.8 Å². The Bertz CT molecular complexity index is 414. The summed E-state index contributed by atoms with van der Waals surface area (Å²) < 4.78 is 0. The lowest BCUT2D eigenvalue weighted by Gasteiger charge is -2.49. The van der Waals surface area contributed by atoms with E-state index < -0.39 is 0 Å². The summed E-state index contributed by atoms with van der Waals surface area (Å²) in [7, 11) is 2.24. The van der Waals surface area contributed by atoms with Crippen molar-refractivity contribution >= 4 is 5.96 Å². The summed E-state index contributed by atoms with van der Waals surface area (Å²) in [4.78, 5) is 10.1. The summed E-state index contributed by atoms with van der Waals surface area (Å²) in [6.07, 6.45) is 14.4. The van der Waals surface area contributed by atoms with Crippen LogP contribution in [-0.2, 0) is 0 Å². The second kappa shape index (κ2) is 9.22. The first-order chi connectivity index (χ1) is 12.2. The zero-order chi connectivity index (χ0) is 17.5. The van der Waals surface area contributed by atoms with E-state index in [2.05, 4.69) is 22.2 Å². The maximum atomic E-state index is 6.30. The van der Waals surface area contributed by atoms with Crippen molar-refractivity contribution in [3.05, 3.63) is 0 Å². The van der Waals surface area contributed by atoms with Gasteiger partial charge in [-0.1, -0.05) is 32.1 Å². The van der Waals surface area contributed by atoms with Crippen LogP contribution in [0.3, 0.4) is 0 Å². The molecule has 25 heavy (non-hydrogen) atoms. The number of aliphatic imine (C=N–C) groups is 1. The van der Waals surface area contributed by atoms with Crippen LogP contribution in [0.5, 0.6) is 0 Å². The first-order valence-corrected chi connectivity index (χ1v) is 10.7. The van der Waals surface area contributed by atoms with Crippen LogP contribution in [0.4, 0.5) is 0 Å². The smallest absolute Gasteiger partial charge is 0.188 e. The van der Waals surface area contributed by atoms with Gasteiger partial charge < -0.3 is 16.0 Å². The molecule has 3 aliphatic rings. The molecule has 5 heteroatoms. The first kappa shape index (κ1) is 19.0. The molecule has 0 radical (unpaired) electrons. The molecule has 1 saturated carbocycles. The van der Waals surface area contributed by atoms with Crippen LogP contribution >= 0.6 is 0 Å². The van der Waals surface area contributed by atoms with E-state index in [1.54, 1.807) is 0 Å². The molecule has 3 N–H and O–H groups in total. The molecule has 0 bridgehead atoms. The molecule has 1 aliphatic carbocycles. The van der Waals surface area contributed by atoms with Crippen LogP contribution in [0.15, 0.2) is 4.99 Å². The minimum Gasteiger partial charge on any atom is -0.370 e. The lowest BCUT2D eigenvalue weighted by atomic mass is 9.84. The standard InChI is InChI=1S/C20H39N5/c1-24-15-11-20(12-16-24,25-13-7-4-8-14-25)17-22-19(21)23-18-9-5-2-3-6-10-18/h18H,2-17H2,1H3,(H3,21,22,23). The lowest BCUT2D eigenvalue weighted by Crippen LogP contribution is -2.58. The van der Waals surface area contributed by atoms with E-state index in [1.165, 1.54) is 96.8 Å². The van der Waals surface area contributed by atoms with Gasteiger partial charge in [0.2, 0.25) is 0 Å². The Labute approximate surface area is 154 Å². The molecule has 0 spiro atoms. The Morgan fingerprint density at radius 1 is 0.960 bits per heavy atom. The van der Waals surface area contributed by atoms with Crippen molar-refractivity contribution in [2.45, 2.75) is 82.2 Å². The summed E-state index contributed by atoms with van der Waals surface area (Å²) in [5.41, 5.74) is 6.54. The average Bonchev–Trinajstić information content (AvgIpc) is 2.91. The van der Waals surface area contributed by atoms with Gasteiger partial charge in [0.1, 0.15) is 0 Å². The van der Waals surface area contributed by atoms with Gasteiger partial charge in [-0.3, -0.25) is 9.89 Å². The number of nitrogens with two attached hydrogens (primary N) is 1. The van der Waals surface area contributed by atoms with Gasteiger partial charge in [0.05, 0.1) is 6.54 Å². The van der Waals surface area contributed by atoms with E-state index in [-0.39, 0.29) is 5.54 Å². The quantitative estimate of drug-likeness (QED) is 0.465. The summed E-state index contributed by atoms with van der Waals surface area (Å²) in [5, 5.41) is 3.53. The maximum absolute atomic E-state index is 6.30. The third kappa shape index (κ3) is 5.33. The summed E-state index contributed by atoms with van der Waals surface area (Å²) >= 11 is 0. The third-order valence-electron chi connectivity index (χ3n) is 6.70. The molecular formula is C20H39N5. The van der Waals surface area contributed by atoms with Gasteiger partial charge in [0.25, 0.3) is 0 Å². The van der Waals surface area contributed by atoms with Crippen LogP contribution in [0.25, 0.3) is 0 Å². The van der Waals surface area contributed by atoms with Gasteiger partial charge in [-0.15, -0.1) is 0 Å². The van der Waals surface area contributed by atoms with E-state index in [1.807, 2.05) is 0 Å². The van der Waals surface area contributed by atoms with Crippen molar-refractivity contribution < 1.29 is 0 Å². The molecule has 2 aliphatic heterocycles.